The van der Waals surface area contributed by atoms with Gasteiger partial charge in [0.05, 0.1) is 17.8 Å². The number of ether oxygens (including phenoxy) is 1. The molecule has 2 rings (SSSR count). The summed E-state index contributed by atoms with van der Waals surface area (Å²) in [5.74, 6) is -0.195. The van der Waals surface area contributed by atoms with E-state index >= 15 is 0 Å². The van der Waals surface area contributed by atoms with Crippen LogP contribution >= 0.6 is 0 Å². The van der Waals surface area contributed by atoms with Crippen LogP contribution in [0, 0.1) is 12.7 Å². The highest BCUT2D eigenvalue weighted by atomic mass is 19.1. The maximum atomic E-state index is 13.4. The summed E-state index contributed by atoms with van der Waals surface area (Å²) in [6.45, 7) is 4.73. The van der Waals surface area contributed by atoms with Crippen molar-refractivity contribution in [1.29, 1.82) is 0 Å². The van der Waals surface area contributed by atoms with Crippen LogP contribution in [-0.2, 0) is 4.74 Å². The molecular formula is C12H16FNO. The summed E-state index contributed by atoms with van der Waals surface area (Å²) in [5.41, 5.74) is 1.64. The minimum absolute atomic E-state index is 0.157. The van der Waals surface area contributed by atoms with Crippen molar-refractivity contribution in [1.82, 2.24) is 0 Å². The molecule has 1 saturated heterocycles. The molecule has 0 spiro atoms. The van der Waals surface area contributed by atoms with Gasteiger partial charge in [0.1, 0.15) is 5.82 Å². The van der Waals surface area contributed by atoms with Crippen LogP contribution in [0.15, 0.2) is 18.2 Å². The third-order valence-corrected chi connectivity index (χ3v) is 2.84. The summed E-state index contributed by atoms with van der Waals surface area (Å²) in [7, 11) is 0. The van der Waals surface area contributed by atoms with E-state index in [1.54, 1.807) is 6.07 Å². The van der Waals surface area contributed by atoms with Crippen molar-refractivity contribution in [3.8, 4) is 0 Å². The van der Waals surface area contributed by atoms with Crippen LogP contribution in [0.5, 0.6) is 0 Å². The van der Waals surface area contributed by atoms with Crippen LogP contribution in [0.4, 0.5) is 10.1 Å². The Morgan fingerprint density at radius 2 is 2.27 bits per heavy atom. The maximum Gasteiger partial charge on any atom is 0.146 e. The van der Waals surface area contributed by atoms with Gasteiger partial charge in [-0.3, -0.25) is 0 Å². The number of halogens is 1. The summed E-state index contributed by atoms with van der Waals surface area (Å²) in [6, 6.07) is 5.33. The summed E-state index contributed by atoms with van der Waals surface area (Å²) in [5, 5.41) is 3.20. The minimum Gasteiger partial charge on any atom is -0.377 e. The van der Waals surface area contributed by atoms with E-state index in [0.717, 1.165) is 18.6 Å². The van der Waals surface area contributed by atoms with Gasteiger partial charge >= 0.3 is 0 Å². The van der Waals surface area contributed by atoms with E-state index in [4.69, 9.17) is 4.74 Å². The maximum absolute atomic E-state index is 13.4. The van der Waals surface area contributed by atoms with E-state index in [0.29, 0.717) is 5.69 Å². The van der Waals surface area contributed by atoms with E-state index < -0.39 is 0 Å². The molecule has 1 N–H and O–H groups in total. The molecule has 1 fully saturated rings. The molecule has 1 aromatic rings. The molecule has 2 nitrogen and oxygen atoms in total. The lowest BCUT2D eigenvalue weighted by Crippen LogP contribution is -2.27. The zero-order valence-electron chi connectivity index (χ0n) is 9.09. The van der Waals surface area contributed by atoms with Crippen molar-refractivity contribution < 1.29 is 9.13 Å². The average molecular weight is 209 g/mol. The second kappa shape index (κ2) is 4.19. The van der Waals surface area contributed by atoms with Crippen molar-refractivity contribution >= 4 is 5.69 Å². The first-order valence-electron chi connectivity index (χ1n) is 5.31. The summed E-state index contributed by atoms with van der Waals surface area (Å²) in [6.07, 6.45) is 1.10. The number of nitrogens with one attached hydrogen (secondary N) is 1. The highest BCUT2D eigenvalue weighted by Gasteiger charge is 2.24. The van der Waals surface area contributed by atoms with E-state index in [1.165, 1.54) is 6.07 Å². The van der Waals surface area contributed by atoms with Crippen LogP contribution in [-0.4, -0.2) is 18.8 Å². The number of hydrogen-bond acceptors (Lipinski definition) is 2. The van der Waals surface area contributed by atoms with Gasteiger partial charge < -0.3 is 10.1 Å². The fraction of sp³-hybridized carbons (Fsp3) is 0.500. The van der Waals surface area contributed by atoms with Crippen molar-refractivity contribution in [3.63, 3.8) is 0 Å². The van der Waals surface area contributed by atoms with E-state index in [-0.39, 0.29) is 18.0 Å². The van der Waals surface area contributed by atoms with Gasteiger partial charge in [0, 0.05) is 6.61 Å². The predicted molar refractivity (Wildman–Crippen MR) is 58.6 cm³/mol. The number of benzene rings is 1. The molecule has 3 heteroatoms. The second-order valence-corrected chi connectivity index (χ2v) is 4.10. The van der Waals surface area contributed by atoms with Gasteiger partial charge in [-0.25, -0.2) is 4.39 Å². The Morgan fingerprint density at radius 3 is 2.93 bits per heavy atom. The van der Waals surface area contributed by atoms with E-state index in [1.807, 2.05) is 19.9 Å². The molecule has 15 heavy (non-hydrogen) atoms. The lowest BCUT2D eigenvalue weighted by Gasteiger charge is -2.18. The molecule has 0 aliphatic carbocycles. The van der Waals surface area contributed by atoms with Crippen molar-refractivity contribution in [2.75, 3.05) is 11.9 Å². The van der Waals surface area contributed by atoms with Crippen molar-refractivity contribution in [2.24, 2.45) is 0 Å². The van der Waals surface area contributed by atoms with Gasteiger partial charge in [-0.1, -0.05) is 6.07 Å². The Balaban J connectivity index is 2.12. The average Bonchev–Trinajstić information content (AvgIpc) is 2.58. The molecule has 82 valence electrons. The first-order chi connectivity index (χ1) is 7.16. The van der Waals surface area contributed by atoms with Gasteiger partial charge in [0.2, 0.25) is 0 Å². The van der Waals surface area contributed by atoms with Gasteiger partial charge in [-0.05, 0) is 38.0 Å². The van der Waals surface area contributed by atoms with Gasteiger partial charge in [0.15, 0.2) is 0 Å². The Labute approximate surface area is 89.4 Å². The molecule has 1 aliphatic rings. The van der Waals surface area contributed by atoms with Gasteiger partial charge in [-0.2, -0.15) is 0 Å². The zero-order chi connectivity index (χ0) is 10.8. The molecule has 0 radical (unpaired) electrons. The standard InChI is InChI=1S/C12H16FNO/c1-8-3-4-10(13)12(7-8)14-11-5-6-15-9(11)2/h3-4,7,9,11,14H,5-6H2,1-2H3/t9-,11+/m0/s1. The van der Waals surface area contributed by atoms with Crippen LogP contribution in [0.2, 0.25) is 0 Å². The SMILES string of the molecule is Cc1ccc(F)c(N[C@@H]2CCO[C@H]2C)c1. The van der Waals surface area contributed by atoms with Crippen LogP contribution in [0.25, 0.3) is 0 Å². The van der Waals surface area contributed by atoms with Crippen molar-refractivity contribution in [3.05, 3.63) is 29.6 Å². The molecule has 1 heterocycles. The predicted octanol–water partition coefficient (Wildman–Crippen LogP) is 2.72. The minimum atomic E-state index is -0.195. The lowest BCUT2D eigenvalue weighted by atomic mass is 10.1. The van der Waals surface area contributed by atoms with E-state index in [2.05, 4.69) is 5.32 Å². The smallest absolute Gasteiger partial charge is 0.146 e. The number of aryl methyl sites for hydroxylation is 1. The first-order valence-corrected chi connectivity index (χ1v) is 5.31. The van der Waals surface area contributed by atoms with Crippen LogP contribution in [0.1, 0.15) is 18.9 Å². The molecule has 0 amide bonds. The monoisotopic (exact) mass is 209 g/mol. The third kappa shape index (κ3) is 2.29. The number of anilines is 1. The van der Waals surface area contributed by atoms with Crippen LogP contribution < -0.4 is 5.32 Å². The largest absolute Gasteiger partial charge is 0.377 e. The number of hydrogen-bond donors (Lipinski definition) is 1. The Hall–Kier alpha value is -1.09. The Bertz CT molecular complexity index is 353. The fourth-order valence-corrected chi connectivity index (χ4v) is 1.87. The second-order valence-electron chi connectivity index (χ2n) is 4.10. The third-order valence-electron chi connectivity index (χ3n) is 2.84. The first kappa shape index (κ1) is 10.4. The van der Waals surface area contributed by atoms with Crippen LogP contribution in [0.3, 0.4) is 0 Å². The molecule has 0 saturated carbocycles. The molecule has 0 aromatic heterocycles. The lowest BCUT2D eigenvalue weighted by molar-refractivity contribution is 0.121. The molecule has 0 unspecified atom stereocenters. The van der Waals surface area contributed by atoms with E-state index in [9.17, 15) is 4.39 Å². The Morgan fingerprint density at radius 1 is 1.47 bits per heavy atom. The molecule has 0 bridgehead atoms. The normalized spacial score (nSPS) is 25.5. The highest BCUT2D eigenvalue weighted by Crippen LogP contribution is 2.22. The fourth-order valence-electron chi connectivity index (χ4n) is 1.87. The molecule has 1 aliphatic heterocycles. The van der Waals surface area contributed by atoms with Gasteiger partial charge in [-0.15, -0.1) is 0 Å². The van der Waals surface area contributed by atoms with Crippen molar-refractivity contribution in [2.45, 2.75) is 32.4 Å². The van der Waals surface area contributed by atoms with Gasteiger partial charge in [0.25, 0.3) is 0 Å². The highest BCUT2D eigenvalue weighted by molar-refractivity contribution is 5.48. The summed E-state index contributed by atoms with van der Waals surface area (Å²) in [4.78, 5) is 0. The number of rotatable bonds is 2. The topological polar surface area (TPSA) is 21.3 Å². The molecule has 2 atom stereocenters. The zero-order valence-corrected chi connectivity index (χ0v) is 9.09. The summed E-state index contributed by atoms with van der Waals surface area (Å²) >= 11 is 0. The molecular weight excluding hydrogens is 193 g/mol. The Kier molecular flexibility index (Phi) is 2.91. The molecule has 1 aromatic carbocycles. The summed E-state index contributed by atoms with van der Waals surface area (Å²) < 4.78 is 18.9. The quantitative estimate of drug-likeness (QED) is 0.808.